The molecular weight excluding hydrogens is 667 g/mol. The van der Waals surface area contributed by atoms with Crippen LogP contribution in [0, 0.1) is 0 Å². The summed E-state index contributed by atoms with van der Waals surface area (Å²) >= 11 is 0. The Bertz CT molecular complexity index is 3110. The second-order valence-corrected chi connectivity index (χ2v) is 15.3. The molecule has 0 unspecified atom stereocenters. The van der Waals surface area contributed by atoms with Crippen LogP contribution in [0.4, 0.5) is 17.1 Å². The van der Waals surface area contributed by atoms with Crippen LogP contribution in [0.25, 0.3) is 76.9 Å². The van der Waals surface area contributed by atoms with Crippen LogP contribution in [0.2, 0.25) is 0 Å². The molecule has 11 rings (SSSR count). The summed E-state index contributed by atoms with van der Waals surface area (Å²) in [4.78, 5) is 2.39. The van der Waals surface area contributed by atoms with Gasteiger partial charge in [-0.1, -0.05) is 147 Å². The van der Waals surface area contributed by atoms with Gasteiger partial charge in [-0.05, 0) is 121 Å². The largest absolute Gasteiger partial charge is 0.456 e. The summed E-state index contributed by atoms with van der Waals surface area (Å²) in [5.74, 6) is 0. The third-order valence-electron chi connectivity index (χ3n) is 11.9. The number of rotatable bonds is 5. The second kappa shape index (κ2) is 12.1. The van der Waals surface area contributed by atoms with Crippen LogP contribution in [0.1, 0.15) is 25.0 Å². The van der Waals surface area contributed by atoms with E-state index in [1.165, 1.54) is 54.9 Å². The Morgan fingerprint density at radius 2 is 0.964 bits per heavy atom. The molecule has 1 aliphatic rings. The number of hydrogen-bond donors (Lipinski definition) is 0. The Kier molecular flexibility index (Phi) is 6.93. The minimum absolute atomic E-state index is 0.102. The fraction of sp³-hybridized carbons (Fsp3) is 0.0566. The number of nitrogens with zero attached hydrogens (tertiary/aromatic N) is 1. The fourth-order valence-electron chi connectivity index (χ4n) is 9.07. The van der Waals surface area contributed by atoms with E-state index in [2.05, 4.69) is 195 Å². The van der Waals surface area contributed by atoms with E-state index >= 15 is 0 Å². The molecule has 0 saturated carbocycles. The molecule has 260 valence electrons. The Morgan fingerprint density at radius 1 is 0.364 bits per heavy atom. The Labute approximate surface area is 320 Å². The maximum atomic E-state index is 6.24. The van der Waals surface area contributed by atoms with Crippen LogP contribution in [0.15, 0.2) is 192 Å². The molecule has 10 aromatic rings. The van der Waals surface area contributed by atoms with Crippen LogP contribution >= 0.6 is 0 Å². The molecule has 2 nitrogen and oxygen atoms in total. The van der Waals surface area contributed by atoms with Crippen molar-refractivity contribution in [3.63, 3.8) is 0 Å². The molecule has 0 N–H and O–H groups in total. The lowest BCUT2D eigenvalue weighted by Crippen LogP contribution is -2.16. The molecule has 0 spiro atoms. The van der Waals surface area contributed by atoms with E-state index in [1.807, 2.05) is 12.1 Å². The Morgan fingerprint density at radius 3 is 1.80 bits per heavy atom. The molecule has 55 heavy (non-hydrogen) atoms. The summed E-state index contributed by atoms with van der Waals surface area (Å²) in [6.07, 6.45) is 0. The highest BCUT2D eigenvalue weighted by Crippen LogP contribution is 2.51. The lowest BCUT2D eigenvalue weighted by Gasteiger charge is -2.28. The molecule has 1 aromatic heterocycles. The van der Waals surface area contributed by atoms with Crippen LogP contribution < -0.4 is 4.90 Å². The van der Waals surface area contributed by atoms with Gasteiger partial charge in [0.25, 0.3) is 0 Å². The molecular formula is C53H37NO. The van der Waals surface area contributed by atoms with Gasteiger partial charge in [0.05, 0.1) is 0 Å². The van der Waals surface area contributed by atoms with Gasteiger partial charge in [-0.2, -0.15) is 0 Å². The first kappa shape index (κ1) is 31.6. The minimum Gasteiger partial charge on any atom is -0.456 e. The average molecular weight is 704 g/mol. The minimum atomic E-state index is -0.102. The highest BCUT2D eigenvalue weighted by Gasteiger charge is 2.35. The molecule has 1 heterocycles. The zero-order chi connectivity index (χ0) is 36.7. The van der Waals surface area contributed by atoms with Crippen LogP contribution in [0.5, 0.6) is 0 Å². The van der Waals surface area contributed by atoms with Gasteiger partial charge in [-0.25, -0.2) is 0 Å². The van der Waals surface area contributed by atoms with Gasteiger partial charge < -0.3 is 9.32 Å². The topological polar surface area (TPSA) is 16.4 Å². The standard InChI is InChI=1S/C53H37NO/c1-53(2)49-16-7-5-12-45(49)46-31-28-40(33-50(46)53)54(38-24-18-34(19-25-38)37-23-30-48-47-13-6-8-17-51(47)55-52(48)32-37)39-26-20-36(21-27-39)42-14-9-15-43-41-11-4-3-10-35(41)22-29-44(42)43/h3-33H,1-2H3. The average Bonchev–Trinajstić information content (AvgIpc) is 3.72. The Hall–Kier alpha value is -6.90. The summed E-state index contributed by atoms with van der Waals surface area (Å²) in [6, 6.07) is 68.5. The van der Waals surface area contributed by atoms with Crippen molar-refractivity contribution in [2.45, 2.75) is 19.3 Å². The van der Waals surface area contributed by atoms with Crippen LogP contribution in [0.3, 0.4) is 0 Å². The summed E-state index contributed by atoms with van der Waals surface area (Å²) < 4.78 is 6.24. The van der Waals surface area contributed by atoms with E-state index < -0.39 is 0 Å². The predicted octanol–water partition coefficient (Wildman–Crippen LogP) is 15.0. The van der Waals surface area contributed by atoms with Crippen molar-refractivity contribution >= 4 is 60.5 Å². The number of para-hydroxylation sites is 1. The number of benzene rings is 9. The first-order valence-corrected chi connectivity index (χ1v) is 19.1. The molecule has 0 radical (unpaired) electrons. The van der Waals surface area contributed by atoms with Crippen molar-refractivity contribution in [1.82, 2.24) is 0 Å². The molecule has 0 atom stereocenters. The number of fused-ring (bicyclic) bond motifs is 9. The van der Waals surface area contributed by atoms with Crippen molar-refractivity contribution in [3.05, 3.63) is 199 Å². The molecule has 0 saturated heterocycles. The van der Waals surface area contributed by atoms with Gasteiger partial charge in [0.15, 0.2) is 0 Å². The first-order chi connectivity index (χ1) is 27.0. The third-order valence-corrected chi connectivity index (χ3v) is 11.9. The smallest absolute Gasteiger partial charge is 0.136 e. The summed E-state index contributed by atoms with van der Waals surface area (Å²) in [7, 11) is 0. The maximum Gasteiger partial charge on any atom is 0.136 e. The van der Waals surface area contributed by atoms with Crippen molar-refractivity contribution in [1.29, 1.82) is 0 Å². The van der Waals surface area contributed by atoms with Gasteiger partial charge in [0.1, 0.15) is 11.2 Å². The fourth-order valence-corrected chi connectivity index (χ4v) is 9.07. The van der Waals surface area contributed by atoms with Crippen LogP contribution in [-0.2, 0) is 5.41 Å². The number of anilines is 3. The molecule has 0 aliphatic heterocycles. The summed E-state index contributed by atoms with van der Waals surface area (Å²) in [5, 5.41) is 7.39. The van der Waals surface area contributed by atoms with E-state index in [1.54, 1.807) is 0 Å². The lowest BCUT2D eigenvalue weighted by molar-refractivity contribution is 0.660. The molecule has 0 fully saturated rings. The van der Waals surface area contributed by atoms with Crippen molar-refractivity contribution < 1.29 is 4.42 Å². The zero-order valence-corrected chi connectivity index (χ0v) is 30.8. The van der Waals surface area contributed by atoms with E-state index in [-0.39, 0.29) is 5.41 Å². The monoisotopic (exact) mass is 703 g/mol. The van der Waals surface area contributed by atoms with Crippen molar-refractivity contribution in [3.8, 4) is 33.4 Å². The van der Waals surface area contributed by atoms with E-state index in [0.29, 0.717) is 0 Å². The predicted molar refractivity (Wildman–Crippen MR) is 232 cm³/mol. The van der Waals surface area contributed by atoms with Gasteiger partial charge in [0.2, 0.25) is 0 Å². The molecule has 2 heteroatoms. The molecule has 0 bridgehead atoms. The van der Waals surface area contributed by atoms with Gasteiger partial charge >= 0.3 is 0 Å². The summed E-state index contributed by atoms with van der Waals surface area (Å²) in [6.45, 7) is 4.70. The highest BCUT2D eigenvalue weighted by atomic mass is 16.3. The van der Waals surface area contributed by atoms with E-state index in [0.717, 1.165) is 50.1 Å². The quantitative estimate of drug-likeness (QED) is 0.166. The first-order valence-electron chi connectivity index (χ1n) is 19.1. The second-order valence-electron chi connectivity index (χ2n) is 15.3. The van der Waals surface area contributed by atoms with Crippen molar-refractivity contribution in [2.24, 2.45) is 0 Å². The maximum absolute atomic E-state index is 6.24. The van der Waals surface area contributed by atoms with Crippen molar-refractivity contribution in [2.75, 3.05) is 4.90 Å². The van der Waals surface area contributed by atoms with Crippen LogP contribution in [-0.4, -0.2) is 0 Å². The highest BCUT2D eigenvalue weighted by molar-refractivity contribution is 6.12. The van der Waals surface area contributed by atoms with Gasteiger partial charge in [0, 0.05) is 33.2 Å². The third kappa shape index (κ3) is 4.95. The number of furan rings is 1. The normalized spacial score (nSPS) is 13.1. The molecule has 0 amide bonds. The number of hydrogen-bond acceptors (Lipinski definition) is 2. The summed E-state index contributed by atoms with van der Waals surface area (Å²) in [5.41, 5.74) is 15.2. The SMILES string of the molecule is CC1(C)c2ccccc2-c2ccc(N(c3ccc(-c4ccc5c(c4)oc4ccccc45)cc3)c3ccc(-c4cccc5c4ccc4ccccc45)cc3)cc21. The lowest BCUT2D eigenvalue weighted by atomic mass is 9.82. The molecule has 1 aliphatic carbocycles. The Balaban J connectivity index is 1.01. The van der Waals surface area contributed by atoms with E-state index in [9.17, 15) is 0 Å². The zero-order valence-electron chi connectivity index (χ0n) is 30.8. The molecule has 9 aromatic carbocycles. The van der Waals surface area contributed by atoms with E-state index in [4.69, 9.17) is 4.42 Å². The van der Waals surface area contributed by atoms with Gasteiger partial charge in [-0.15, -0.1) is 0 Å². The van der Waals surface area contributed by atoms with Gasteiger partial charge in [-0.3, -0.25) is 0 Å².